The number of hydrogen-bond acceptors (Lipinski definition) is 7. The highest BCUT2D eigenvalue weighted by Gasteiger charge is 2.25. The fraction of sp³-hybridized carbons (Fsp3) is 0.281. The molecule has 1 aliphatic rings. The van der Waals surface area contributed by atoms with Crippen LogP contribution >= 0.6 is 23.2 Å². The molecule has 0 spiro atoms. The molecule has 0 atom stereocenters. The molecule has 1 saturated heterocycles. The van der Waals surface area contributed by atoms with Crippen molar-refractivity contribution in [2.75, 3.05) is 50.1 Å². The molecule has 5 rings (SSSR count). The van der Waals surface area contributed by atoms with Gasteiger partial charge in [0.2, 0.25) is 11.7 Å². The fourth-order valence-corrected chi connectivity index (χ4v) is 5.74. The maximum absolute atomic E-state index is 13.4. The standard InChI is InChI=1S/C32H32Cl2N4O4/c1-5-28(39)36-24-17-23(38-11-9-37(6-2)10-12-38)8-7-20(24)14-22-15-21-16-26(42-27(21)18-35-22)32(40)29-30(33)19(3)13-25(41-4)31(29)34/h5,7-8,13,15-18H,1,6,9-12,14H2,2-4H3,(H,36,39). The van der Waals surface area contributed by atoms with E-state index < -0.39 is 5.78 Å². The molecular formula is C32H32Cl2N4O4. The summed E-state index contributed by atoms with van der Waals surface area (Å²) < 4.78 is 11.2. The molecule has 1 amide bonds. The van der Waals surface area contributed by atoms with Crippen LogP contribution in [0.4, 0.5) is 11.4 Å². The van der Waals surface area contributed by atoms with Crippen molar-refractivity contribution < 1.29 is 18.7 Å². The highest BCUT2D eigenvalue weighted by atomic mass is 35.5. The van der Waals surface area contributed by atoms with Crippen molar-refractivity contribution >= 4 is 57.2 Å². The number of amides is 1. The van der Waals surface area contributed by atoms with Crippen LogP contribution in [-0.4, -0.2) is 61.4 Å². The second kappa shape index (κ2) is 12.6. The van der Waals surface area contributed by atoms with Crippen molar-refractivity contribution in [1.29, 1.82) is 0 Å². The lowest BCUT2D eigenvalue weighted by Gasteiger charge is -2.35. The van der Waals surface area contributed by atoms with Crippen molar-refractivity contribution in [2.24, 2.45) is 0 Å². The number of methoxy groups -OCH3 is 1. The van der Waals surface area contributed by atoms with Gasteiger partial charge in [-0.2, -0.15) is 0 Å². The van der Waals surface area contributed by atoms with E-state index in [-0.39, 0.29) is 27.3 Å². The molecule has 2 aromatic heterocycles. The zero-order valence-corrected chi connectivity index (χ0v) is 25.3. The molecule has 0 saturated carbocycles. The number of benzene rings is 2. The van der Waals surface area contributed by atoms with Crippen molar-refractivity contribution in [2.45, 2.75) is 20.3 Å². The summed E-state index contributed by atoms with van der Waals surface area (Å²) in [5.74, 6) is -0.285. The third kappa shape index (κ3) is 6.02. The highest BCUT2D eigenvalue weighted by molar-refractivity contribution is 6.42. The smallest absolute Gasteiger partial charge is 0.247 e. The maximum Gasteiger partial charge on any atom is 0.247 e. The molecule has 218 valence electrons. The van der Waals surface area contributed by atoms with Gasteiger partial charge in [0.25, 0.3) is 0 Å². The summed E-state index contributed by atoms with van der Waals surface area (Å²) in [4.78, 5) is 35.0. The Morgan fingerprint density at radius 3 is 2.57 bits per heavy atom. The van der Waals surface area contributed by atoms with Crippen LogP contribution in [0, 0.1) is 6.92 Å². The van der Waals surface area contributed by atoms with Crippen LogP contribution in [0.2, 0.25) is 10.0 Å². The first kappa shape index (κ1) is 29.6. The van der Waals surface area contributed by atoms with E-state index >= 15 is 0 Å². The van der Waals surface area contributed by atoms with Gasteiger partial charge in [-0.1, -0.05) is 42.8 Å². The number of likely N-dealkylation sites (N-methyl/N-ethyl adjacent to an activating group) is 1. The summed E-state index contributed by atoms with van der Waals surface area (Å²) in [7, 11) is 1.48. The number of carbonyl (C=O) groups excluding carboxylic acids is 2. The van der Waals surface area contributed by atoms with Gasteiger partial charge in [-0.3, -0.25) is 14.6 Å². The summed E-state index contributed by atoms with van der Waals surface area (Å²) in [5.41, 5.74) is 4.65. The highest BCUT2D eigenvalue weighted by Crippen LogP contribution is 2.38. The van der Waals surface area contributed by atoms with Gasteiger partial charge in [-0.15, -0.1) is 0 Å². The number of nitrogens with one attached hydrogen (secondary N) is 1. The minimum Gasteiger partial charge on any atom is -0.495 e. The first-order chi connectivity index (χ1) is 20.2. The van der Waals surface area contributed by atoms with Crippen LogP contribution in [0.3, 0.4) is 0 Å². The van der Waals surface area contributed by atoms with Crippen molar-refractivity contribution in [1.82, 2.24) is 9.88 Å². The molecule has 0 unspecified atom stereocenters. The van der Waals surface area contributed by atoms with Gasteiger partial charge >= 0.3 is 0 Å². The summed E-state index contributed by atoms with van der Waals surface area (Å²) in [5, 5.41) is 4.04. The SMILES string of the molecule is C=CC(=O)Nc1cc(N2CCN(CC)CC2)ccc1Cc1cc2cc(C(=O)c3c(Cl)c(C)cc(OC)c3Cl)oc2cn1. The van der Waals surface area contributed by atoms with E-state index in [4.69, 9.17) is 32.4 Å². The normalized spacial score (nSPS) is 13.8. The number of aromatic nitrogens is 1. The number of ether oxygens (including phenoxy) is 1. The zero-order valence-electron chi connectivity index (χ0n) is 23.8. The minimum absolute atomic E-state index is 0.0897. The molecule has 0 aliphatic carbocycles. The monoisotopic (exact) mass is 606 g/mol. The van der Waals surface area contributed by atoms with Gasteiger partial charge < -0.3 is 24.3 Å². The Labute approximate surface area is 254 Å². The van der Waals surface area contributed by atoms with Gasteiger partial charge in [0.05, 0.1) is 28.9 Å². The number of hydrogen-bond donors (Lipinski definition) is 1. The van der Waals surface area contributed by atoms with Crippen molar-refractivity contribution in [3.63, 3.8) is 0 Å². The van der Waals surface area contributed by atoms with E-state index in [1.165, 1.54) is 13.2 Å². The molecule has 8 nitrogen and oxygen atoms in total. The second-order valence-corrected chi connectivity index (χ2v) is 10.9. The zero-order chi connectivity index (χ0) is 30.0. The molecule has 1 fully saturated rings. The Hall–Kier alpha value is -3.85. The molecular weight excluding hydrogens is 575 g/mol. The molecule has 3 heterocycles. The lowest BCUT2D eigenvalue weighted by atomic mass is 10.0. The molecule has 10 heteroatoms. The molecule has 42 heavy (non-hydrogen) atoms. The van der Waals surface area contributed by atoms with Gasteiger partial charge in [-0.25, -0.2) is 0 Å². The first-order valence-corrected chi connectivity index (χ1v) is 14.5. The van der Waals surface area contributed by atoms with Crippen LogP contribution in [0.5, 0.6) is 5.75 Å². The maximum atomic E-state index is 13.4. The number of furan rings is 1. The third-order valence-corrected chi connectivity index (χ3v) is 8.44. The number of fused-ring (bicyclic) bond motifs is 1. The summed E-state index contributed by atoms with van der Waals surface area (Å²) in [6.45, 7) is 12.4. The van der Waals surface area contributed by atoms with Crippen molar-refractivity contribution in [3.8, 4) is 5.75 Å². The number of halogens is 2. The van der Waals surface area contributed by atoms with Crippen LogP contribution in [-0.2, 0) is 11.2 Å². The fourth-order valence-electron chi connectivity index (χ4n) is 5.14. The number of nitrogens with zero attached hydrogens (tertiary/aromatic N) is 3. The van der Waals surface area contributed by atoms with Gasteiger partial charge in [0, 0.05) is 55.1 Å². The summed E-state index contributed by atoms with van der Waals surface area (Å²) in [6.07, 6.45) is 3.30. The van der Waals surface area contributed by atoms with E-state index in [0.717, 1.165) is 49.7 Å². The lowest BCUT2D eigenvalue weighted by molar-refractivity contribution is -0.111. The Morgan fingerprint density at radius 2 is 1.88 bits per heavy atom. The summed E-state index contributed by atoms with van der Waals surface area (Å²) >= 11 is 12.9. The minimum atomic E-state index is -0.450. The van der Waals surface area contributed by atoms with Crippen LogP contribution in [0.15, 0.2) is 59.7 Å². The van der Waals surface area contributed by atoms with Crippen LogP contribution in [0.1, 0.15) is 39.9 Å². The predicted octanol–water partition coefficient (Wildman–Crippen LogP) is 6.54. The van der Waals surface area contributed by atoms with Crippen LogP contribution in [0.25, 0.3) is 11.0 Å². The average Bonchev–Trinajstić information content (AvgIpc) is 3.43. The quantitative estimate of drug-likeness (QED) is 0.171. The molecule has 0 radical (unpaired) electrons. The Morgan fingerprint density at radius 1 is 1.12 bits per heavy atom. The number of anilines is 2. The van der Waals surface area contributed by atoms with E-state index in [2.05, 4.69) is 39.7 Å². The van der Waals surface area contributed by atoms with E-state index in [1.54, 1.807) is 25.3 Å². The third-order valence-electron chi connectivity index (χ3n) is 7.57. The number of aryl methyl sites for hydroxylation is 1. The van der Waals surface area contributed by atoms with E-state index in [1.807, 2.05) is 18.2 Å². The number of pyridine rings is 1. The predicted molar refractivity (Wildman–Crippen MR) is 168 cm³/mol. The topological polar surface area (TPSA) is 87.9 Å². The van der Waals surface area contributed by atoms with Gasteiger partial charge in [0.1, 0.15) is 5.75 Å². The molecule has 1 N–H and O–H groups in total. The van der Waals surface area contributed by atoms with E-state index in [0.29, 0.717) is 34.4 Å². The molecule has 2 aromatic carbocycles. The largest absolute Gasteiger partial charge is 0.495 e. The average molecular weight is 608 g/mol. The van der Waals surface area contributed by atoms with Crippen LogP contribution < -0.4 is 15.0 Å². The summed E-state index contributed by atoms with van der Waals surface area (Å²) in [6, 6.07) is 11.3. The number of carbonyl (C=O) groups is 2. The van der Waals surface area contributed by atoms with Crippen molar-refractivity contribution in [3.05, 3.63) is 93.4 Å². The molecule has 1 aliphatic heterocycles. The molecule has 4 aromatic rings. The number of ketones is 1. The first-order valence-electron chi connectivity index (χ1n) is 13.7. The Bertz CT molecular complexity index is 1680. The van der Waals surface area contributed by atoms with E-state index in [9.17, 15) is 9.59 Å². The van der Waals surface area contributed by atoms with Gasteiger partial charge in [-0.05, 0) is 61.0 Å². The Kier molecular flexibility index (Phi) is 8.87. The lowest BCUT2D eigenvalue weighted by Crippen LogP contribution is -2.46. The second-order valence-electron chi connectivity index (χ2n) is 10.2. The number of rotatable bonds is 9. The van der Waals surface area contributed by atoms with Gasteiger partial charge in [0.15, 0.2) is 11.3 Å². The Balaban J connectivity index is 1.43. The number of piperazine rings is 1. The molecule has 0 bridgehead atoms.